The molecule has 0 unspecified atom stereocenters. The maximum Gasteiger partial charge on any atom is 0.180 e. The van der Waals surface area contributed by atoms with E-state index in [4.69, 9.17) is 25.3 Å². The van der Waals surface area contributed by atoms with Gasteiger partial charge in [-0.3, -0.25) is 0 Å². The Bertz CT molecular complexity index is 3960. The Morgan fingerprint density at radius 2 is 1.02 bits per heavy atom. The Kier molecular flexibility index (Phi) is 4.99. The van der Waals surface area contributed by atoms with Gasteiger partial charge in [0.1, 0.15) is 34.3 Å². The second-order valence-electron chi connectivity index (χ2n) is 13.2. The van der Waals surface area contributed by atoms with Gasteiger partial charge in [-0.05, 0) is 80.4 Å². The molecule has 0 N–H and O–H groups in total. The molecule has 56 heavy (non-hydrogen) atoms. The van der Waals surface area contributed by atoms with Gasteiger partial charge >= 0.3 is 0 Å². The number of rotatable bonds is 6. The van der Waals surface area contributed by atoms with Crippen molar-refractivity contribution in [1.29, 1.82) is 0 Å². The van der Waals surface area contributed by atoms with Crippen LogP contribution < -0.4 is 0 Å². The zero-order valence-corrected chi connectivity index (χ0v) is 29.2. The number of furan rings is 2. The molecule has 11 aromatic rings. The van der Waals surface area contributed by atoms with Crippen molar-refractivity contribution in [2.24, 2.45) is 0 Å². The van der Waals surface area contributed by atoms with Gasteiger partial charge in [0, 0.05) is 27.3 Å². The molecular formula is C52H32N2O2. The molecule has 0 saturated carbocycles. The second-order valence-corrected chi connectivity index (χ2v) is 13.2. The lowest BCUT2D eigenvalue weighted by atomic mass is 9.96. The second kappa shape index (κ2) is 13.1. The van der Waals surface area contributed by atoms with Crippen LogP contribution in [0.1, 0.15) is 17.8 Å². The molecule has 3 aromatic heterocycles. The molecule has 8 aromatic carbocycles. The number of fused-ring (bicyclic) bond motifs is 6. The van der Waals surface area contributed by atoms with Gasteiger partial charge in [-0.15, -0.1) is 0 Å². The summed E-state index contributed by atoms with van der Waals surface area (Å²) in [5.74, 6) is 0. The number of nitrogens with zero attached hydrogens (tertiary/aromatic N) is 2. The zero-order valence-electron chi connectivity index (χ0n) is 42.2. The van der Waals surface area contributed by atoms with Gasteiger partial charge in [0.2, 0.25) is 0 Å². The molecule has 3 heterocycles. The van der Waals surface area contributed by atoms with E-state index in [9.17, 15) is 1.37 Å². The van der Waals surface area contributed by atoms with E-state index in [1.165, 1.54) is 6.33 Å². The number of para-hydroxylation sites is 2. The van der Waals surface area contributed by atoms with Crippen LogP contribution in [0.2, 0.25) is 0 Å². The summed E-state index contributed by atoms with van der Waals surface area (Å²) < 4.78 is 126. The van der Waals surface area contributed by atoms with Crippen LogP contribution >= 0.6 is 0 Å². The highest BCUT2D eigenvalue weighted by molar-refractivity contribution is 6.10. The van der Waals surface area contributed by atoms with Gasteiger partial charge in [0.15, 0.2) is 5.58 Å². The first-order valence-electron chi connectivity index (χ1n) is 24.2. The fourth-order valence-corrected chi connectivity index (χ4v) is 7.15. The number of benzene rings is 8. The summed E-state index contributed by atoms with van der Waals surface area (Å²) in [6, 6.07) is 26.1. The highest BCUT2D eigenvalue weighted by atomic mass is 16.3. The predicted molar refractivity (Wildman–Crippen MR) is 229 cm³/mol. The highest BCUT2D eigenvalue weighted by Crippen LogP contribution is 2.39. The Morgan fingerprint density at radius 1 is 0.393 bits per heavy atom. The molecule has 0 atom stereocenters. The van der Waals surface area contributed by atoms with Gasteiger partial charge in [-0.2, -0.15) is 0 Å². The van der Waals surface area contributed by atoms with Gasteiger partial charge < -0.3 is 8.83 Å². The minimum atomic E-state index is -0.773. The number of aromatic nitrogens is 2. The molecule has 4 nitrogen and oxygen atoms in total. The van der Waals surface area contributed by atoms with Crippen molar-refractivity contribution in [3.63, 3.8) is 0 Å². The average Bonchev–Trinajstić information content (AvgIpc) is 3.94. The van der Waals surface area contributed by atoms with Crippen molar-refractivity contribution >= 4 is 44.0 Å². The quantitative estimate of drug-likeness (QED) is 0.171. The molecule has 0 bridgehead atoms. The van der Waals surface area contributed by atoms with Crippen LogP contribution in [0.15, 0.2) is 203 Å². The summed E-state index contributed by atoms with van der Waals surface area (Å²) in [4.78, 5) is 9.19. The number of hydrogen-bond donors (Lipinski definition) is 0. The lowest BCUT2D eigenvalue weighted by molar-refractivity contribution is 0.667. The normalized spacial score (nSPS) is 14.8. The first-order valence-corrected chi connectivity index (χ1v) is 17.7. The van der Waals surface area contributed by atoms with Gasteiger partial charge in [-0.25, -0.2) is 9.97 Å². The SMILES string of the molecule is [2H]c1c([2H])c([2H])c(-c2c([2H])c([2H])c(-c3c([2H])c([2H])c([2H])c(-c4ccc5oc6c(-c7cccc(-c8ccc(-c9cccc%10c9oc9ccccc9%10)cc8)c7)ncnc6c5c4)c3[2H])c([2H])c2[2H])c([2H])c1[2H]. The lowest BCUT2D eigenvalue weighted by Gasteiger charge is -2.08. The van der Waals surface area contributed by atoms with Crippen molar-refractivity contribution in [3.8, 4) is 66.9 Å². The Balaban J connectivity index is 0.978. The zero-order chi connectivity index (χ0) is 48.3. The molecule has 0 radical (unpaired) electrons. The summed E-state index contributed by atoms with van der Waals surface area (Å²) in [7, 11) is 0. The maximum absolute atomic E-state index is 9.38. The first kappa shape index (κ1) is 21.4. The van der Waals surface area contributed by atoms with Crippen LogP contribution in [0.5, 0.6) is 0 Å². The Hall–Kier alpha value is -7.56. The van der Waals surface area contributed by atoms with E-state index in [0.717, 1.165) is 49.8 Å². The third kappa shape index (κ3) is 5.47. The van der Waals surface area contributed by atoms with E-state index in [1.807, 2.05) is 48.5 Å². The molecule has 0 fully saturated rings. The van der Waals surface area contributed by atoms with Gasteiger partial charge in [-0.1, -0.05) is 157 Å². The van der Waals surface area contributed by atoms with Crippen molar-refractivity contribution in [3.05, 3.63) is 194 Å². The Labute approximate surface area is 341 Å². The van der Waals surface area contributed by atoms with Crippen LogP contribution in [0, 0.1) is 0 Å². The standard InChI is InChI=1S/C52H32N2O2/c1-2-9-33(10-3-1)34-19-21-35(22-20-34)38-11-6-13-40(29-38)41-27-28-48-46(31-41)50-52(56-48)49(53-32-54-50)42-14-7-12-39(30-42)36-23-25-37(26-24-36)43-16-8-17-45-44-15-4-5-18-47(44)55-51(43)45/h1-32H/i1D,2D,3D,6D,9D,10D,11D,13D,19D,20D,21D,22D,29D. The van der Waals surface area contributed by atoms with E-state index >= 15 is 0 Å². The van der Waals surface area contributed by atoms with Crippen molar-refractivity contribution in [2.45, 2.75) is 0 Å². The summed E-state index contributed by atoms with van der Waals surface area (Å²) in [6.07, 6.45) is 1.41. The van der Waals surface area contributed by atoms with Crippen LogP contribution in [-0.2, 0) is 0 Å². The van der Waals surface area contributed by atoms with Crippen molar-refractivity contribution < 1.29 is 26.7 Å². The van der Waals surface area contributed by atoms with E-state index < -0.39 is 101 Å². The molecule has 262 valence electrons. The fourth-order valence-electron chi connectivity index (χ4n) is 7.15. The summed E-state index contributed by atoms with van der Waals surface area (Å²) >= 11 is 0. The molecule has 4 heteroatoms. The smallest absolute Gasteiger partial charge is 0.180 e. The van der Waals surface area contributed by atoms with Crippen LogP contribution in [0.4, 0.5) is 0 Å². The van der Waals surface area contributed by atoms with E-state index in [2.05, 4.69) is 52.4 Å². The van der Waals surface area contributed by atoms with Gasteiger partial charge in [0.05, 0.1) is 17.8 Å². The summed E-state index contributed by atoms with van der Waals surface area (Å²) in [6.45, 7) is 0. The topological polar surface area (TPSA) is 52.1 Å². The summed E-state index contributed by atoms with van der Waals surface area (Å²) in [5.41, 5.74) is 6.11. The lowest BCUT2D eigenvalue weighted by Crippen LogP contribution is -1.88. The third-order valence-electron chi connectivity index (χ3n) is 9.86. The maximum atomic E-state index is 9.38. The van der Waals surface area contributed by atoms with Crippen molar-refractivity contribution in [1.82, 2.24) is 9.97 Å². The molecule has 0 aliphatic heterocycles. The average molecular weight is 730 g/mol. The molecular weight excluding hydrogens is 685 g/mol. The van der Waals surface area contributed by atoms with Crippen LogP contribution in [0.3, 0.4) is 0 Å². The molecule has 0 aliphatic rings. The van der Waals surface area contributed by atoms with E-state index in [1.54, 1.807) is 18.2 Å². The molecule has 0 aliphatic carbocycles. The van der Waals surface area contributed by atoms with E-state index in [-0.39, 0.29) is 11.1 Å². The highest BCUT2D eigenvalue weighted by Gasteiger charge is 2.17. The number of hydrogen-bond acceptors (Lipinski definition) is 4. The Morgan fingerprint density at radius 3 is 1.88 bits per heavy atom. The molecule has 11 rings (SSSR count). The van der Waals surface area contributed by atoms with Crippen molar-refractivity contribution in [2.75, 3.05) is 0 Å². The summed E-state index contributed by atoms with van der Waals surface area (Å²) in [5, 5.41) is 2.61. The predicted octanol–water partition coefficient (Wildman–Crippen LogP) is 14.3. The minimum absolute atomic E-state index is 0.129. The third-order valence-corrected chi connectivity index (χ3v) is 9.86. The molecule has 0 amide bonds. The van der Waals surface area contributed by atoms with E-state index in [0.29, 0.717) is 27.8 Å². The first-order chi connectivity index (χ1) is 33.2. The monoisotopic (exact) mass is 729 g/mol. The van der Waals surface area contributed by atoms with Crippen LogP contribution in [-0.4, -0.2) is 9.97 Å². The van der Waals surface area contributed by atoms with Crippen LogP contribution in [0.25, 0.3) is 111 Å². The van der Waals surface area contributed by atoms with Gasteiger partial charge in [0.25, 0.3) is 0 Å². The molecule has 0 saturated heterocycles. The fraction of sp³-hybridized carbons (Fsp3) is 0. The molecule has 0 spiro atoms. The largest absolute Gasteiger partial charge is 0.455 e. The minimum Gasteiger partial charge on any atom is -0.455 e.